The monoisotopic (exact) mass is 284 g/mol. The molecule has 0 unspecified atom stereocenters. The van der Waals surface area contributed by atoms with E-state index in [4.69, 9.17) is 5.11 Å². The first-order valence-electron chi connectivity index (χ1n) is 6.93. The van der Waals surface area contributed by atoms with Crippen molar-refractivity contribution < 1.29 is 14.7 Å². The molecule has 0 saturated heterocycles. The highest BCUT2D eigenvalue weighted by molar-refractivity contribution is 6.03. The van der Waals surface area contributed by atoms with Crippen LogP contribution in [0.4, 0.5) is 5.69 Å². The Morgan fingerprint density at radius 3 is 2.67 bits per heavy atom. The van der Waals surface area contributed by atoms with E-state index < -0.39 is 5.97 Å². The number of carbonyl (C=O) groups is 2. The fourth-order valence-electron chi connectivity index (χ4n) is 2.40. The Morgan fingerprint density at radius 2 is 1.95 bits per heavy atom. The maximum atomic E-state index is 12.4. The standard InChI is InChI=1S/C16H16N2O3/c19-15(20)10-11-4-1-2-5-13(11)17-16(21)14-6-3-9-18(14)12-7-8-12/h1-6,9,12H,7-8,10H2,(H,17,21)(H,19,20). The number of carboxylic acid groups (broad SMARTS) is 1. The second-order valence-electron chi connectivity index (χ2n) is 5.21. The molecule has 1 amide bonds. The number of rotatable bonds is 5. The van der Waals surface area contributed by atoms with E-state index in [9.17, 15) is 9.59 Å². The SMILES string of the molecule is O=C(O)Cc1ccccc1NC(=O)c1cccn1C1CC1. The highest BCUT2D eigenvalue weighted by Gasteiger charge is 2.26. The Morgan fingerprint density at radius 1 is 1.19 bits per heavy atom. The van der Waals surface area contributed by atoms with E-state index in [-0.39, 0.29) is 12.3 Å². The fourth-order valence-corrected chi connectivity index (χ4v) is 2.40. The molecule has 1 saturated carbocycles. The molecule has 21 heavy (non-hydrogen) atoms. The van der Waals surface area contributed by atoms with Crippen molar-refractivity contribution >= 4 is 17.6 Å². The van der Waals surface area contributed by atoms with Crippen LogP contribution in [0.2, 0.25) is 0 Å². The number of benzene rings is 1. The minimum absolute atomic E-state index is 0.111. The minimum atomic E-state index is -0.918. The normalized spacial score (nSPS) is 13.9. The minimum Gasteiger partial charge on any atom is -0.481 e. The van der Waals surface area contributed by atoms with Crippen LogP contribution < -0.4 is 5.32 Å². The van der Waals surface area contributed by atoms with Gasteiger partial charge in [-0.15, -0.1) is 0 Å². The molecular weight excluding hydrogens is 268 g/mol. The van der Waals surface area contributed by atoms with Crippen molar-refractivity contribution in [3.05, 3.63) is 53.9 Å². The molecule has 0 atom stereocenters. The molecule has 0 aliphatic heterocycles. The molecule has 1 aliphatic carbocycles. The quantitative estimate of drug-likeness (QED) is 0.886. The average Bonchev–Trinajstić information content (AvgIpc) is 3.17. The molecule has 2 aromatic rings. The zero-order valence-corrected chi connectivity index (χ0v) is 11.5. The first-order valence-corrected chi connectivity index (χ1v) is 6.93. The molecule has 0 spiro atoms. The van der Waals surface area contributed by atoms with E-state index in [2.05, 4.69) is 5.32 Å². The number of para-hydroxylation sites is 1. The average molecular weight is 284 g/mol. The van der Waals surface area contributed by atoms with Crippen LogP contribution in [-0.2, 0) is 11.2 Å². The van der Waals surface area contributed by atoms with Crippen LogP contribution in [0, 0.1) is 0 Å². The van der Waals surface area contributed by atoms with Crippen molar-refractivity contribution in [1.29, 1.82) is 0 Å². The van der Waals surface area contributed by atoms with Crippen molar-refractivity contribution in [3.63, 3.8) is 0 Å². The maximum Gasteiger partial charge on any atom is 0.307 e. The van der Waals surface area contributed by atoms with Crippen molar-refractivity contribution in [3.8, 4) is 0 Å². The van der Waals surface area contributed by atoms with Gasteiger partial charge in [-0.1, -0.05) is 18.2 Å². The van der Waals surface area contributed by atoms with Gasteiger partial charge < -0.3 is 15.0 Å². The number of hydrogen-bond donors (Lipinski definition) is 2. The Hall–Kier alpha value is -2.56. The lowest BCUT2D eigenvalue weighted by Gasteiger charge is -2.11. The van der Waals surface area contributed by atoms with Gasteiger partial charge in [0.2, 0.25) is 0 Å². The first-order chi connectivity index (χ1) is 10.1. The van der Waals surface area contributed by atoms with Crippen molar-refractivity contribution in [1.82, 2.24) is 4.57 Å². The zero-order chi connectivity index (χ0) is 14.8. The third-order valence-corrected chi connectivity index (χ3v) is 3.56. The third kappa shape index (κ3) is 2.97. The molecule has 1 aliphatic rings. The van der Waals surface area contributed by atoms with Gasteiger partial charge >= 0.3 is 5.97 Å². The van der Waals surface area contributed by atoms with Gasteiger partial charge in [0.1, 0.15) is 5.69 Å². The number of carbonyl (C=O) groups excluding carboxylic acids is 1. The highest BCUT2D eigenvalue weighted by Crippen LogP contribution is 2.36. The van der Waals surface area contributed by atoms with Crippen LogP contribution >= 0.6 is 0 Å². The summed E-state index contributed by atoms with van der Waals surface area (Å²) in [5, 5.41) is 11.7. The van der Waals surface area contributed by atoms with Crippen LogP contribution in [0.3, 0.4) is 0 Å². The number of aliphatic carboxylic acids is 1. The third-order valence-electron chi connectivity index (χ3n) is 3.56. The summed E-state index contributed by atoms with van der Waals surface area (Å²) in [5.74, 6) is -1.12. The topological polar surface area (TPSA) is 71.3 Å². The molecule has 1 aromatic carbocycles. The van der Waals surface area contributed by atoms with E-state index in [0.717, 1.165) is 12.8 Å². The number of nitrogens with zero attached hydrogens (tertiary/aromatic N) is 1. The smallest absolute Gasteiger partial charge is 0.307 e. The summed E-state index contributed by atoms with van der Waals surface area (Å²) in [6.45, 7) is 0. The van der Waals surface area contributed by atoms with Gasteiger partial charge in [-0.2, -0.15) is 0 Å². The molecule has 1 aromatic heterocycles. The van der Waals surface area contributed by atoms with Crippen LogP contribution in [0.25, 0.3) is 0 Å². The van der Waals surface area contributed by atoms with Gasteiger partial charge in [0.05, 0.1) is 6.42 Å². The summed E-state index contributed by atoms with van der Waals surface area (Å²) in [5.41, 5.74) is 1.76. The van der Waals surface area contributed by atoms with Crippen LogP contribution in [0.15, 0.2) is 42.6 Å². The van der Waals surface area contributed by atoms with Gasteiger partial charge in [0.25, 0.3) is 5.91 Å². The summed E-state index contributed by atoms with van der Waals surface area (Å²) in [6, 6.07) is 11.0. The Labute approximate surface area is 122 Å². The second-order valence-corrected chi connectivity index (χ2v) is 5.21. The molecular formula is C16H16N2O3. The second kappa shape index (κ2) is 5.44. The zero-order valence-electron chi connectivity index (χ0n) is 11.5. The first kappa shape index (κ1) is 13.4. The van der Waals surface area contributed by atoms with Crippen molar-refractivity contribution in [2.75, 3.05) is 5.32 Å². The summed E-state index contributed by atoms with van der Waals surface area (Å²) >= 11 is 0. The predicted octanol–water partition coefficient (Wildman–Crippen LogP) is 2.70. The lowest BCUT2D eigenvalue weighted by molar-refractivity contribution is -0.136. The number of amides is 1. The van der Waals surface area contributed by atoms with E-state index in [1.807, 2.05) is 16.8 Å². The molecule has 1 heterocycles. The molecule has 3 rings (SSSR count). The van der Waals surface area contributed by atoms with Gasteiger partial charge in [0, 0.05) is 17.9 Å². The number of hydrogen-bond acceptors (Lipinski definition) is 2. The molecule has 2 N–H and O–H groups in total. The lowest BCUT2D eigenvalue weighted by Crippen LogP contribution is -2.17. The van der Waals surface area contributed by atoms with E-state index >= 15 is 0 Å². The molecule has 0 radical (unpaired) electrons. The van der Waals surface area contributed by atoms with Gasteiger partial charge in [-0.05, 0) is 36.6 Å². The van der Waals surface area contributed by atoms with Gasteiger partial charge in [0.15, 0.2) is 0 Å². The predicted molar refractivity (Wildman–Crippen MR) is 78.4 cm³/mol. The number of carboxylic acids is 1. The Kier molecular flexibility index (Phi) is 3.48. The summed E-state index contributed by atoms with van der Waals surface area (Å²) in [6.07, 6.45) is 4.00. The molecule has 5 heteroatoms. The Bertz CT molecular complexity index is 686. The highest BCUT2D eigenvalue weighted by atomic mass is 16.4. The van der Waals surface area contributed by atoms with Crippen LogP contribution in [-0.4, -0.2) is 21.6 Å². The van der Waals surface area contributed by atoms with E-state index in [1.54, 1.807) is 30.3 Å². The van der Waals surface area contributed by atoms with Gasteiger partial charge in [-0.3, -0.25) is 9.59 Å². The van der Waals surface area contributed by atoms with E-state index in [1.165, 1.54) is 0 Å². The van der Waals surface area contributed by atoms with Crippen LogP contribution in [0.1, 0.15) is 34.9 Å². The molecule has 5 nitrogen and oxygen atoms in total. The number of aromatic nitrogens is 1. The maximum absolute atomic E-state index is 12.4. The summed E-state index contributed by atoms with van der Waals surface area (Å²) in [7, 11) is 0. The van der Waals surface area contributed by atoms with Crippen molar-refractivity contribution in [2.24, 2.45) is 0 Å². The van der Waals surface area contributed by atoms with Crippen LogP contribution in [0.5, 0.6) is 0 Å². The molecule has 108 valence electrons. The summed E-state index contributed by atoms with van der Waals surface area (Å²) in [4.78, 5) is 23.3. The van der Waals surface area contributed by atoms with Gasteiger partial charge in [-0.25, -0.2) is 0 Å². The lowest BCUT2D eigenvalue weighted by atomic mass is 10.1. The fraction of sp³-hybridized carbons (Fsp3) is 0.250. The largest absolute Gasteiger partial charge is 0.481 e. The Balaban J connectivity index is 1.81. The summed E-state index contributed by atoms with van der Waals surface area (Å²) < 4.78 is 1.98. The molecule has 0 bridgehead atoms. The number of anilines is 1. The number of nitrogens with one attached hydrogen (secondary N) is 1. The van der Waals surface area contributed by atoms with E-state index in [0.29, 0.717) is 23.0 Å². The molecule has 1 fully saturated rings. The van der Waals surface area contributed by atoms with Crippen molar-refractivity contribution in [2.45, 2.75) is 25.3 Å².